The van der Waals surface area contributed by atoms with E-state index in [4.69, 9.17) is 22.1 Å². The summed E-state index contributed by atoms with van der Waals surface area (Å²) in [5, 5.41) is 0.206. The quantitative estimate of drug-likeness (QED) is 0.905. The molecule has 1 heterocycles. The van der Waals surface area contributed by atoms with E-state index in [-0.39, 0.29) is 28.2 Å². The minimum atomic E-state index is -3.58. The second-order valence-corrected chi connectivity index (χ2v) is 6.86. The van der Waals surface area contributed by atoms with E-state index < -0.39 is 10.0 Å². The minimum Gasteiger partial charge on any atom is -0.497 e. The van der Waals surface area contributed by atoms with Gasteiger partial charge in [-0.15, -0.1) is 12.4 Å². The summed E-state index contributed by atoms with van der Waals surface area (Å²) in [6, 6.07) is 4.62. The molecule has 1 atom stereocenters. The predicted octanol–water partition coefficient (Wildman–Crippen LogP) is 1.74. The molecular weight excluding hydrogens is 323 g/mol. The van der Waals surface area contributed by atoms with Crippen molar-refractivity contribution in [2.24, 2.45) is 11.7 Å². The lowest BCUT2D eigenvalue weighted by atomic mass is 10.1. The van der Waals surface area contributed by atoms with Crippen LogP contribution in [0.4, 0.5) is 0 Å². The van der Waals surface area contributed by atoms with Crippen molar-refractivity contribution in [1.82, 2.24) is 4.31 Å². The van der Waals surface area contributed by atoms with Crippen LogP contribution in [0.1, 0.15) is 6.42 Å². The Hall–Kier alpha value is -0.530. The van der Waals surface area contributed by atoms with Crippen molar-refractivity contribution in [3.8, 4) is 5.75 Å². The average Bonchev–Trinajstić information content (AvgIpc) is 2.88. The highest BCUT2D eigenvalue weighted by Gasteiger charge is 2.33. The second-order valence-electron chi connectivity index (χ2n) is 4.55. The van der Waals surface area contributed by atoms with Crippen molar-refractivity contribution < 1.29 is 13.2 Å². The van der Waals surface area contributed by atoms with Gasteiger partial charge in [0.2, 0.25) is 10.0 Å². The van der Waals surface area contributed by atoms with E-state index in [0.717, 1.165) is 6.42 Å². The van der Waals surface area contributed by atoms with Crippen molar-refractivity contribution >= 4 is 34.0 Å². The summed E-state index contributed by atoms with van der Waals surface area (Å²) in [4.78, 5) is 0.0891. The van der Waals surface area contributed by atoms with E-state index in [1.807, 2.05) is 0 Å². The van der Waals surface area contributed by atoms with Crippen LogP contribution in [0.15, 0.2) is 23.1 Å². The van der Waals surface area contributed by atoms with Crippen LogP contribution < -0.4 is 10.5 Å². The highest BCUT2D eigenvalue weighted by molar-refractivity contribution is 7.89. The van der Waals surface area contributed by atoms with E-state index in [1.54, 1.807) is 6.07 Å². The van der Waals surface area contributed by atoms with Gasteiger partial charge in [0.05, 0.1) is 12.1 Å². The van der Waals surface area contributed by atoms with Crippen molar-refractivity contribution in [1.29, 1.82) is 0 Å². The van der Waals surface area contributed by atoms with Gasteiger partial charge in [0, 0.05) is 19.2 Å². The van der Waals surface area contributed by atoms with Crippen LogP contribution in [0.2, 0.25) is 5.02 Å². The normalized spacial score (nSPS) is 19.6. The van der Waals surface area contributed by atoms with Gasteiger partial charge in [0.15, 0.2) is 0 Å². The van der Waals surface area contributed by atoms with Gasteiger partial charge in [-0.3, -0.25) is 0 Å². The first-order chi connectivity index (χ1) is 8.98. The van der Waals surface area contributed by atoms with Gasteiger partial charge in [0.25, 0.3) is 0 Å². The van der Waals surface area contributed by atoms with Gasteiger partial charge in [-0.1, -0.05) is 11.6 Å². The maximum Gasteiger partial charge on any atom is 0.244 e. The molecule has 1 aliphatic rings. The first-order valence-corrected chi connectivity index (χ1v) is 7.84. The van der Waals surface area contributed by atoms with Crippen LogP contribution in [0.25, 0.3) is 0 Å². The molecule has 0 aromatic heterocycles. The Morgan fingerprint density at radius 3 is 2.75 bits per heavy atom. The molecule has 1 unspecified atom stereocenters. The Morgan fingerprint density at radius 1 is 1.50 bits per heavy atom. The lowest BCUT2D eigenvalue weighted by Crippen LogP contribution is -2.30. The monoisotopic (exact) mass is 340 g/mol. The van der Waals surface area contributed by atoms with Crippen LogP contribution in [0.3, 0.4) is 0 Å². The fraction of sp³-hybridized carbons (Fsp3) is 0.500. The fourth-order valence-corrected chi connectivity index (χ4v) is 4.18. The third-order valence-corrected chi connectivity index (χ3v) is 5.68. The summed E-state index contributed by atoms with van der Waals surface area (Å²) in [6.45, 7) is 1.43. The molecule has 1 aromatic rings. The predicted molar refractivity (Wildman–Crippen MR) is 81.2 cm³/mol. The maximum atomic E-state index is 12.5. The summed E-state index contributed by atoms with van der Waals surface area (Å²) in [7, 11) is -2.09. The zero-order valence-electron chi connectivity index (χ0n) is 11.1. The van der Waals surface area contributed by atoms with Crippen molar-refractivity contribution in [2.75, 3.05) is 26.7 Å². The van der Waals surface area contributed by atoms with E-state index in [0.29, 0.717) is 25.4 Å². The van der Waals surface area contributed by atoms with E-state index in [1.165, 1.54) is 23.5 Å². The maximum absolute atomic E-state index is 12.5. The molecule has 2 N–H and O–H groups in total. The van der Waals surface area contributed by atoms with Gasteiger partial charge >= 0.3 is 0 Å². The van der Waals surface area contributed by atoms with Crippen molar-refractivity contribution in [3.63, 3.8) is 0 Å². The molecule has 20 heavy (non-hydrogen) atoms. The largest absolute Gasteiger partial charge is 0.497 e. The first-order valence-electron chi connectivity index (χ1n) is 6.02. The van der Waals surface area contributed by atoms with E-state index >= 15 is 0 Å². The van der Waals surface area contributed by atoms with Gasteiger partial charge in [0.1, 0.15) is 10.6 Å². The van der Waals surface area contributed by atoms with Crippen molar-refractivity contribution in [2.45, 2.75) is 11.3 Å². The number of hydrogen-bond donors (Lipinski definition) is 1. The number of benzene rings is 1. The Bertz CT molecular complexity index is 566. The van der Waals surface area contributed by atoms with Gasteiger partial charge < -0.3 is 10.5 Å². The molecule has 5 nitrogen and oxygen atoms in total. The van der Waals surface area contributed by atoms with Gasteiger partial charge in [-0.2, -0.15) is 4.31 Å². The number of nitrogens with two attached hydrogens (primary N) is 1. The molecular formula is C12H18Cl2N2O3S. The molecule has 1 fully saturated rings. The van der Waals surface area contributed by atoms with Gasteiger partial charge in [-0.25, -0.2) is 8.42 Å². The lowest BCUT2D eigenvalue weighted by Gasteiger charge is -2.17. The number of methoxy groups -OCH3 is 1. The van der Waals surface area contributed by atoms with Crippen LogP contribution in [-0.2, 0) is 10.0 Å². The van der Waals surface area contributed by atoms with Gasteiger partial charge in [-0.05, 0) is 31.0 Å². The molecule has 0 aliphatic carbocycles. The molecule has 0 spiro atoms. The molecule has 1 aliphatic heterocycles. The number of rotatable bonds is 4. The Labute approximate surface area is 130 Å². The standard InChI is InChI=1S/C12H17ClN2O3S.ClH/c1-18-10-2-3-11(13)12(6-10)19(16,17)15-5-4-9(7-14)8-15;/h2-3,6,9H,4-5,7-8,14H2,1H3;1H. The zero-order chi connectivity index (χ0) is 14.0. The number of halogens is 2. The Balaban J connectivity index is 0.00000200. The van der Waals surface area contributed by atoms with Crippen LogP contribution >= 0.6 is 24.0 Å². The van der Waals surface area contributed by atoms with Crippen molar-refractivity contribution in [3.05, 3.63) is 23.2 Å². The highest BCUT2D eigenvalue weighted by atomic mass is 35.5. The number of ether oxygens (including phenoxy) is 1. The molecule has 0 saturated carbocycles. The smallest absolute Gasteiger partial charge is 0.244 e. The number of hydrogen-bond acceptors (Lipinski definition) is 4. The molecule has 0 amide bonds. The summed E-state index contributed by atoms with van der Waals surface area (Å²) < 4.78 is 31.5. The van der Waals surface area contributed by atoms with Crippen LogP contribution in [-0.4, -0.2) is 39.5 Å². The Morgan fingerprint density at radius 2 is 2.20 bits per heavy atom. The molecule has 1 saturated heterocycles. The first kappa shape index (κ1) is 17.5. The zero-order valence-corrected chi connectivity index (χ0v) is 13.5. The fourth-order valence-electron chi connectivity index (χ4n) is 2.16. The minimum absolute atomic E-state index is 0. The third-order valence-electron chi connectivity index (χ3n) is 3.34. The molecule has 0 radical (unpaired) electrons. The van der Waals surface area contributed by atoms with Crippen LogP contribution in [0.5, 0.6) is 5.75 Å². The summed E-state index contributed by atoms with van der Waals surface area (Å²) >= 11 is 6.00. The molecule has 1 aromatic carbocycles. The summed E-state index contributed by atoms with van der Waals surface area (Å²) in [5.74, 6) is 0.691. The average molecular weight is 341 g/mol. The molecule has 114 valence electrons. The second kappa shape index (κ2) is 6.95. The summed E-state index contributed by atoms with van der Waals surface area (Å²) in [5.41, 5.74) is 5.59. The molecule has 8 heteroatoms. The number of nitrogens with zero attached hydrogens (tertiary/aromatic N) is 1. The lowest BCUT2D eigenvalue weighted by molar-refractivity contribution is 0.412. The highest BCUT2D eigenvalue weighted by Crippen LogP contribution is 2.31. The molecule has 2 rings (SSSR count). The van der Waals surface area contributed by atoms with E-state index in [9.17, 15) is 8.42 Å². The van der Waals surface area contributed by atoms with E-state index in [2.05, 4.69) is 0 Å². The summed E-state index contributed by atoms with van der Waals surface area (Å²) in [6.07, 6.45) is 0.789. The third kappa shape index (κ3) is 3.38. The SMILES string of the molecule is COc1ccc(Cl)c(S(=O)(=O)N2CCC(CN)C2)c1.Cl. The number of sulfonamides is 1. The Kier molecular flexibility index (Phi) is 6.09. The topological polar surface area (TPSA) is 72.6 Å². The van der Waals surface area contributed by atoms with Crippen LogP contribution in [0, 0.1) is 5.92 Å². The molecule has 0 bridgehead atoms.